The summed E-state index contributed by atoms with van der Waals surface area (Å²) < 4.78 is 2.24. The first kappa shape index (κ1) is 13.6. The first-order valence-electron chi connectivity index (χ1n) is 7.52. The molecule has 3 atom stereocenters. The van der Waals surface area contributed by atoms with Gasteiger partial charge in [0.15, 0.2) is 0 Å². The number of nitrogens with zero attached hydrogens (tertiary/aromatic N) is 2. The summed E-state index contributed by atoms with van der Waals surface area (Å²) in [5.74, 6) is 2.60. The SMILES string of the molecule is CCCn1ccnc1C(N)C1CCCC(CC)C1. The molecule has 1 aromatic heterocycles. The molecule has 0 amide bonds. The summed E-state index contributed by atoms with van der Waals surface area (Å²) in [4.78, 5) is 4.50. The van der Waals surface area contributed by atoms with E-state index in [4.69, 9.17) is 5.73 Å². The molecule has 1 saturated carbocycles. The Bertz CT molecular complexity index is 358. The maximum Gasteiger partial charge on any atom is 0.125 e. The van der Waals surface area contributed by atoms with Gasteiger partial charge >= 0.3 is 0 Å². The van der Waals surface area contributed by atoms with Crippen LogP contribution in [0.15, 0.2) is 12.4 Å². The van der Waals surface area contributed by atoms with Gasteiger partial charge in [-0.3, -0.25) is 0 Å². The van der Waals surface area contributed by atoms with Gasteiger partial charge in [0, 0.05) is 18.9 Å². The second-order valence-corrected chi connectivity index (χ2v) is 5.71. The minimum Gasteiger partial charge on any atom is -0.334 e. The molecular weight excluding hydrogens is 222 g/mol. The van der Waals surface area contributed by atoms with Crippen LogP contribution in [0.2, 0.25) is 0 Å². The van der Waals surface area contributed by atoms with Crippen molar-refractivity contribution < 1.29 is 0 Å². The van der Waals surface area contributed by atoms with Gasteiger partial charge in [-0.1, -0.05) is 33.1 Å². The van der Waals surface area contributed by atoms with E-state index in [0.717, 1.165) is 24.7 Å². The summed E-state index contributed by atoms with van der Waals surface area (Å²) in [6, 6.07) is 0.126. The molecule has 2 rings (SSSR count). The van der Waals surface area contributed by atoms with E-state index >= 15 is 0 Å². The van der Waals surface area contributed by atoms with Crippen LogP contribution in [0.25, 0.3) is 0 Å². The van der Waals surface area contributed by atoms with E-state index in [2.05, 4.69) is 29.6 Å². The van der Waals surface area contributed by atoms with Crippen molar-refractivity contribution in [1.29, 1.82) is 0 Å². The minimum atomic E-state index is 0.126. The second-order valence-electron chi connectivity index (χ2n) is 5.71. The lowest BCUT2D eigenvalue weighted by Gasteiger charge is -2.32. The molecule has 1 aromatic rings. The quantitative estimate of drug-likeness (QED) is 0.868. The normalized spacial score (nSPS) is 26.2. The zero-order chi connectivity index (χ0) is 13.0. The highest BCUT2D eigenvalue weighted by Crippen LogP contribution is 2.36. The third kappa shape index (κ3) is 2.94. The molecule has 3 nitrogen and oxygen atoms in total. The lowest BCUT2D eigenvalue weighted by Crippen LogP contribution is -2.29. The fraction of sp³-hybridized carbons (Fsp3) is 0.800. The van der Waals surface area contributed by atoms with Gasteiger partial charge in [0.05, 0.1) is 6.04 Å². The van der Waals surface area contributed by atoms with Crippen molar-refractivity contribution in [1.82, 2.24) is 9.55 Å². The third-order valence-corrected chi connectivity index (χ3v) is 4.42. The molecule has 3 heteroatoms. The van der Waals surface area contributed by atoms with Gasteiger partial charge in [0.1, 0.15) is 5.82 Å². The fourth-order valence-electron chi connectivity index (χ4n) is 3.29. The van der Waals surface area contributed by atoms with Crippen molar-refractivity contribution in [3.8, 4) is 0 Å². The molecule has 18 heavy (non-hydrogen) atoms. The van der Waals surface area contributed by atoms with E-state index < -0.39 is 0 Å². The summed E-state index contributed by atoms with van der Waals surface area (Å²) in [5.41, 5.74) is 6.48. The van der Waals surface area contributed by atoms with Crippen LogP contribution in [0, 0.1) is 11.8 Å². The Hall–Kier alpha value is -0.830. The van der Waals surface area contributed by atoms with Crippen LogP contribution in [0.3, 0.4) is 0 Å². The Kier molecular flexibility index (Phi) is 4.81. The zero-order valence-corrected chi connectivity index (χ0v) is 11.8. The molecule has 1 aliphatic rings. The topological polar surface area (TPSA) is 43.8 Å². The highest BCUT2D eigenvalue weighted by molar-refractivity contribution is 5.01. The molecule has 0 bridgehead atoms. The monoisotopic (exact) mass is 249 g/mol. The van der Waals surface area contributed by atoms with E-state index in [1.165, 1.54) is 32.1 Å². The summed E-state index contributed by atoms with van der Waals surface area (Å²) in [5, 5.41) is 0. The van der Waals surface area contributed by atoms with E-state index in [0.29, 0.717) is 5.92 Å². The first-order valence-corrected chi connectivity index (χ1v) is 7.52. The van der Waals surface area contributed by atoms with Gasteiger partial charge in [-0.15, -0.1) is 0 Å². The number of aromatic nitrogens is 2. The number of imidazole rings is 1. The minimum absolute atomic E-state index is 0.126. The van der Waals surface area contributed by atoms with Crippen molar-refractivity contribution in [3.05, 3.63) is 18.2 Å². The number of nitrogens with two attached hydrogens (primary N) is 1. The molecule has 2 N–H and O–H groups in total. The van der Waals surface area contributed by atoms with Gasteiger partial charge < -0.3 is 10.3 Å². The van der Waals surface area contributed by atoms with Crippen LogP contribution in [0.5, 0.6) is 0 Å². The largest absolute Gasteiger partial charge is 0.334 e. The Morgan fingerprint density at radius 1 is 1.44 bits per heavy atom. The standard InChI is InChI=1S/C15H27N3/c1-3-9-18-10-8-17-15(18)14(16)13-7-5-6-12(4-2)11-13/h8,10,12-14H,3-7,9,11,16H2,1-2H3. The maximum atomic E-state index is 6.48. The molecule has 1 fully saturated rings. The van der Waals surface area contributed by atoms with Crippen molar-refractivity contribution in [3.63, 3.8) is 0 Å². The van der Waals surface area contributed by atoms with Crippen molar-refractivity contribution in [2.45, 2.75) is 65.0 Å². The van der Waals surface area contributed by atoms with Crippen LogP contribution in [-0.2, 0) is 6.54 Å². The Balaban J connectivity index is 2.05. The molecule has 102 valence electrons. The van der Waals surface area contributed by atoms with Crippen molar-refractivity contribution in [2.24, 2.45) is 17.6 Å². The van der Waals surface area contributed by atoms with E-state index in [1.807, 2.05) is 6.20 Å². The lowest BCUT2D eigenvalue weighted by atomic mass is 9.77. The smallest absolute Gasteiger partial charge is 0.125 e. The molecule has 0 spiro atoms. The van der Waals surface area contributed by atoms with Gasteiger partial charge in [-0.25, -0.2) is 4.98 Å². The highest BCUT2D eigenvalue weighted by atomic mass is 15.1. The summed E-state index contributed by atoms with van der Waals surface area (Å²) in [6.07, 6.45) is 11.7. The van der Waals surface area contributed by atoms with Gasteiger partial charge in [-0.2, -0.15) is 0 Å². The number of hydrogen-bond acceptors (Lipinski definition) is 2. The van der Waals surface area contributed by atoms with Gasteiger partial charge in [-0.05, 0) is 31.1 Å². The molecule has 0 aromatic carbocycles. The number of hydrogen-bond donors (Lipinski definition) is 1. The van der Waals surface area contributed by atoms with Crippen molar-refractivity contribution >= 4 is 0 Å². The summed E-state index contributed by atoms with van der Waals surface area (Å²) >= 11 is 0. The van der Waals surface area contributed by atoms with Crippen LogP contribution in [0.1, 0.15) is 64.2 Å². The molecule has 1 heterocycles. The van der Waals surface area contributed by atoms with Crippen LogP contribution in [0.4, 0.5) is 0 Å². The second kappa shape index (κ2) is 6.37. The highest BCUT2D eigenvalue weighted by Gasteiger charge is 2.28. The first-order chi connectivity index (χ1) is 8.76. The van der Waals surface area contributed by atoms with Crippen LogP contribution < -0.4 is 5.73 Å². The predicted octanol–water partition coefficient (Wildman–Crippen LogP) is 3.51. The molecule has 1 aliphatic carbocycles. The molecular formula is C15H27N3. The zero-order valence-electron chi connectivity index (χ0n) is 11.8. The fourth-order valence-corrected chi connectivity index (χ4v) is 3.29. The average molecular weight is 249 g/mol. The Labute approximate surface area is 111 Å². The predicted molar refractivity (Wildman–Crippen MR) is 75.2 cm³/mol. The Morgan fingerprint density at radius 3 is 3.00 bits per heavy atom. The van der Waals surface area contributed by atoms with E-state index in [9.17, 15) is 0 Å². The number of rotatable bonds is 5. The van der Waals surface area contributed by atoms with Crippen molar-refractivity contribution in [2.75, 3.05) is 0 Å². The molecule has 0 saturated heterocycles. The lowest BCUT2D eigenvalue weighted by molar-refractivity contribution is 0.224. The average Bonchev–Trinajstić information content (AvgIpc) is 2.86. The van der Waals surface area contributed by atoms with E-state index in [-0.39, 0.29) is 6.04 Å². The van der Waals surface area contributed by atoms with Gasteiger partial charge in [0.25, 0.3) is 0 Å². The van der Waals surface area contributed by atoms with Crippen LogP contribution in [-0.4, -0.2) is 9.55 Å². The van der Waals surface area contributed by atoms with E-state index in [1.54, 1.807) is 0 Å². The summed E-state index contributed by atoms with van der Waals surface area (Å²) in [6.45, 7) is 5.53. The maximum absolute atomic E-state index is 6.48. The molecule has 0 radical (unpaired) electrons. The number of aryl methyl sites for hydroxylation is 1. The Morgan fingerprint density at radius 2 is 2.28 bits per heavy atom. The molecule has 0 aliphatic heterocycles. The van der Waals surface area contributed by atoms with Crippen LogP contribution >= 0.6 is 0 Å². The van der Waals surface area contributed by atoms with Gasteiger partial charge in [0.2, 0.25) is 0 Å². The third-order valence-electron chi connectivity index (χ3n) is 4.42. The molecule has 3 unspecified atom stereocenters. The summed E-state index contributed by atoms with van der Waals surface area (Å²) in [7, 11) is 0.